The zero-order valence-electron chi connectivity index (χ0n) is 12.2. The van der Waals surface area contributed by atoms with Gasteiger partial charge in [0.05, 0.1) is 11.7 Å². The lowest BCUT2D eigenvalue weighted by Crippen LogP contribution is -2.42. The number of nitrogens with zero attached hydrogens (tertiary/aromatic N) is 2. The molecule has 116 valence electrons. The number of hydrogen-bond acceptors (Lipinski definition) is 4. The average Bonchev–Trinajstić information content (AvgIpc) is 2.70. The van der Waals surface area contributed by atoms with Crippen LogP contribution in [0.2, 0.25) is 0 Å². The largest absolute Gasteiger partial charge is 0.331 e. The smallest absolute Gasteiger partial charge is 0.239 e. The van der Waals surface area contributed by atoms with Crippen molar-refractivity contribution in [3.05, 3.63) is 17.7 Å². The maximum atomic E-state index is 12.0. The van der Waals surface area contributed by atoms with E-state index in [2.05, 4.69) is 21.2 Å². The van der Waals surface area contributed by atoms with Crippen molar-refractivity contribution in [3.8, 4) is 0 Å². The molecular weight excluding hydrogens is 290 g/mol. The second-order valence-electron chi connectivity index (χ2n) is 6.10. The Morgan fingerprint density at radius 2 is 2.14 bits per heavy atom. The highest BCUT2D eigenvalue weighted by Crippen LogP contribution is 2.27. The molecule has 21 heavy (non-hydrogen) atoms. The topological polar surface area (TPSA) is 81.1 Å². The Hall–Kier alpha value is -1.37. The first-order chi connectivity index (χ1) is 9.97. The normalized spacial score (nSPS) is 22.4. The highest BCUT2D eigenvalue weighted by Gasteiger charge is 2.32. The number of rotatable bonds is 4. The second kappa shape index (κ2) is 5.44. The van der Waals surface area contributed by atoms with Crippen LogP contribution in [-0.4, -0.2) is 29.1 Å². The van der Waals surface area contributed by atoms with Crippen LogP contribution >= 0.6 is 0 Å². The lowest BCUT2D eigenvalue weighted by atomic mass is 10.0. The van der Waals surface area contributed by atoms with Gasteiger partial charge in [0, 0.05) is 24.4 Å². The Labute approximate surface area is 125 Å². The minimum absolute atomic E-state index is 0.0751. The molecule has 0 spiro atoms. The molecule has 7 heteroatoms. The van der Waals surface area contributed by atoms with Crippen LogP contribution in [0.4, 0.5) is 0 Å². The first-order valence-electron chi connectivity index (χ1n) is 7.56. The predicted molar refractivity (Wildman–Crippen MR) is 78.3 cm³/mol. The summed E-state index contributed by atoms with van der Waals surface area (Å²) >= 11 is 0. The van der Waals surface area contributed by atoms with Crippen molar-refractivity contribution < 1.29 is 13.2 Å². The fourth-order valence-electron chi connectivity index (χ4n) is 3.03. The molecule has 6 nitrogen and oxygen atoms in total. The molecule has 2 heterocycles. The molecule has 1 unspecified atom stereocenters. The van der Waals surface area contributed by atoms with Crippen LogP contribution in [0.1, 0.15) is 56.5 Å². The van der Waals surface area contributed by atoms with Gasteiger partial charge in [0.25, 0.3) is 0 Å². The standard InChI is InChI=1S/C14H21N3O3S/c1-10-4-3-7-17-11(9-15-14(10)17)8-13(18)16-21(19,20)12-5-2-6-12/h9-10,12H,2-8H2,1H3,(H,16,18). The molecule has 2 aliphatic rings. The first-order valence-corrected chi connectivity index (χ1v) is 9.11. The van der Waals surface area contributed by atoms with E-state index < -0.39 is 15.9 Å². The number of carbonyl (C=O) groups is 1. The molecule has 1 aromatic heterocycles. The number of fused-ring (bicyclic) bond motifs is 1. The summed E-state index contributed by atoms with van der Waals surface area (Å²) in [5, 5.41) is -0.388. The zero-order chi connectivity index (χ0) is 15.0. The minimum Gasteiger partial charge on any atom is -0.331 e. The van der Waals surface area contributed by atoms with Crippen LogP contribution in [0.3, 0.4) is 0 Å². The van der Waals surface area contributed by atoms with Crippen LogP contribution in [0, 0.1) is 0 Å². The van der Waals surface area contributed by atoms with E-state index in [0.717, 1.165) is 37.3 Å². The van der Waals surface area contributed by atoms with Crippen molar-refractivity contribution in [2.45, 2.75) is 63.2 Å². The molecular formula is C14H21N3O3S. The molecule has 1 saturated carbocycles. The van der Waals surface area contributed by atoms with Gasteiger partial charge in [0.15, 0.2) is 0 Å². The summed E-state index contributed by atoms with van der Waals surface area (Å²) in [6, 6.07) is 0. The van der Waals surface area contributed by atoms with Crippen molar-refractivity contribution in [1.29, 1.82) is 0 Å². The predicted octanol–water partition coefficient (Wildman–Crippen LogP) is 1.32. The van der Waals surface area contributed by atoms with E-state index in [4.69, 9.17) is 0 Å². The van der Waals surface area contributed by atoms with Crippen LogP contribution in [0.15, 0.2) is 6.20 Å². The van der Waals surface area contributed by atoms with Crippen LogP contribution < -0.4 is 4.72 Å². The lowest BCUT2D eigenvalue weighted by molar-refractivity contribution is -0.118. The monoisotopic (exact) mass is 311 g/mol. The fraction of sp³-hybridized carbons (Fsp3) is 0.714. The molecule has 0 radical (unpaired) electrons. The van der Waals surface area contributed by atoms with Gasteiger partial charge in [-0.25, -0.2) is 13.4 Å². The summed E-state index contributed by atoms with van der Waals surface area (Å²) in [4.78, 5) is 16.4. The Balaban J connectivity index is 1.68. The number of carbonyl (C=O) groups excluding carboxylic acids is 1. The van der Waals surface area contributed by atoms with E-state index in [1.165, 1.54) is 0 Å². The SMILES string of the molecule is CC1CCCn2c(CC(=O)NS(=O)(=O)C3CCC3)cnc21. The summed E-state index contributed by atoms with van der Waals surface area (Å²) in [6.07, 6.45) is 6.19. The van der Waals surface area contributed by atoms with E-state index >= 15 is 0 Å². The first kappa shape index (κ1) is 14.6. The third-order valence-corrected chi connectivity index (χ3v) is 6.38. The molecule has 0 bridgehead atoms. The van der Waals surface area contributed by atoms with Gasteiger partial charge in [0.1, 0.15) is 5.82 Å². The summed E-state index contributed by atoms with van der Waals surface area (Å²) in [7, 11) is -3.49. The number of nitrogens with one attached hydrogen (secondary N) is 1. The Morgan fingerprint density at radius 1 is 1.38 bits per heavy atom. The summed E-state index contributed by atoms with van der Waals surface area (Å²) in [5.41, 5.74) is 0.804. The van der Waals surface area contributed by atoms with E-state index in [-0.39, 0.29) is 11.7 Å². The highest BCUT2D eigenvalue weighted by atomic mass is 32.2. The van der Waals surface area contributed by atoms with E-state index in [0.29, 0.717) is 18.8 Å². The Bertz CT molecular complexity index is 646. The molecule has 1 atom stereocenters. The minimum atomic E-state index is -3.49. The average molecular weight is 311 g/mol. The van der Waals surface area contributed by atoms with Crippen molar-refractivity contribution in [2.24, 2.45) is 0 Å². The zero-order valence-corrected chi connectivity index (χ0v) is 13.0. The molecule has 1 aliphatic carbocycles. The van der Waals surface area contributed by atoms with Gasteiger partial charge in [-0.1, -0.05) is 13.3 Å². The van der Waals surface area contributed by atoms with Crippen molar-refractivity contribution in [1.82, 2.24) is 14.3 Å². The van der Waals surface area contributed by atoms with Crippen LogP contribution in [0.25, 0.3) is 0 Å². The van der Waals surface area contributed by atoms with E-state index in [1.807, 2.05) is 0 Å². The quantitative estimate of drug-likeness (QED) is 0.909. The van der Waals surface area contributed by atoms with Gasteiger partial charge in [-0.05, 0) is 25.7 Å². The molecule has 0 aromatic carbocycles. The Kier molecular flexibility index (Phi) is 3.77. The molecule has 1 aliphatic heterocycles. The molecule has 3 rings (SSSR count). The van der Waals surface area contributed by atoms with Gasteiger partial charge in [0.2, 0.25) is 15.9 Å². The summed E-state index contributed by atoms with van der Waals surface area (Å²) < 4.78 is 28.1. The number of imidazole rings is 1. The number of sulfonamides is 1. The third-order valence-electron chi connectivity index (χ3n) is 4.52. The molecule has 0 saturated heterocycles. The lowest BCUT2D eigenvalue weighted by Gasteiger charge is -2.25. The molecule has 1 N–H and O–H groups in total. The van der Waals surface area contributed by atoms with Crippen molar-refractivity contribution in [3.63, 3.8) is 0 Å². The molecule has 1 fully saturated rings. The van der Waals surface area contributed by atoms with Crippen molar-refractivity contribution >= 4 is 15.9 Å². The maximum Gasteiger partial charge on any atom is 0.239 e. The summed E-state index contributed by atoms with van der Waals surface area (Å²) in [6.45, 7) is 2.99. The fourth-order valence-corrected chi connectivity index (χ4v) is 4.54. The van der Waals surface area contributed by atoms with E-state index in [9.17, 15) is 13.2 Å². The van der Waals surface area contributed by atoms with Gasteiger partial charge < -0.3 is 4.57 Å². The summed E-state index contributed by atoms with van der Waals surface area (Å²) in [5.74, 6) is 0.947. The second-order valence-corrected chi connectivity index (χ2v) is 8.06. The maximum absolute atomic E-state index is 12.0. The number of amides is 1. The van der Waals surface area contributed by atoms with Gasteiger partial charge in [-0.15, -0.1) is 0 Å². The van der Waals surface area contributed by atoms with Gasteiger partial charge in [-0.2, -0.15) is 0 Å². The van der Waals surface area contributed by atoms with Crippen LogP contribution in [0.5, 0.6) is 0 Å². The Morgan fingerprint density at radius 3 is 2.81 bits per heavy atom. The van der Waals surface area contributed by atoms with E-state index in [1.54, 1.807) is 6.20 Å². The number of hydrogen-bond donors (Lipinski definition) is 1. The van der Waals surface area contributed by atoms with Crippen LogP contribution in [-0.2, 0) is 27.8 Å². The number of aromatic nitrogens is 2. The molecule has 1 amide bonds. The molecule has 1 aromatic rings. The highest BCUT2D eigenvalue weighted by molar-refractivity contribution is 7.90. The van der Waals surface area contributed by atoms with Gasteiger partial charge in [-0.3, -0.25) is 9.52 Å². The van der Waals surface area contributed by atoms with Gasteiger partial charge >= 0.3 is 0 Å². The third kappa shape index (κ3) is 2.84. The van der Waals surface area contributed by atoms with Crippen molar-refractivity contribution in [2.75, 3.05) is 0 Å².